The number of hydrogen-bond acceptors (Lipinski definition) is 4. The molecule has 0 saturated heterocycles. The van der Waals surface area contributed by atoms with Crippen LogP contribution in [0.25, 0.3) is 5.57 Å². The predicted octanol–water partition coefficient (Wildman–Crippen LogP) is 5.62. The van der Waals surface area contributed by atoms with Crippen molar-refractivity contribution in [2.24, 2.45) is 5.92 Å². The van der Waals surface area contributed by atoms with Crippen LogP contribution in [0.2, 0.25) is 5.15 Å². The van der Waals surface area contributed by atoms with Crippen LogP contribution in [0.4, 0.5) is 18.0 Å². The summed E-state index contributed by atoms with van der Waals surface area (Å²) in [5, 5.41) is 2.72. The van der Waals surface area contributed by atoms with Crippen molar-refractivity contribution in [2.75, 3.05) is 6.61 Å². The van der Waals surface area contributed by atoms with Crippen LogP contribution in [0.3, 0.4) is 0 Å². The monoisotopic (exact) mass is 452 g/mol. The Kier molecular flexibility index (Phi) is 5.60. The molecule has 0 radical (unpaired) electrons. The van der Waals surface area contributed by atoms with Gasteiger partial charge in [-0.05, 0) is 30.4 Å². The molecule has 0 spiro atoms. The second-order valence-corrected chi connectivity index (χ2v) is 8.04. The summed E-state index contributed by atoms with van der Waals surface area (Å²) in [6, 6.07) is 10.4. The molecule has 1 atom stereocenters. The van der Waals surface area contributed by atoms with E-state index < -0.39 is 29.1 Å². The Balaban J connectivity index is 1.65. The lowest BCUT2D eigenvalue weighted by atomic mass is 9.80. The summed E-state index contributed by atoms with van der Waals surface area (Å²) in [5.74, 6) is 0.215. The molecule has 31 heavy (non-hydrogen) atoms. The topological polar surface area (TPSA) is 60.5 Å². The molecular weight excluding hydrogens is 433 g/mol. The number of pyridine rings is 1. The molecule has 164 valence electrons. The van der Waals surface area contributed by atoms with E-state index in [1.54, 1.807) is 0 Å². The number of alkyl halides is 3. The Morgan fingerprint density at radius 2 is 2.03 bits per heavy atom. The number of fused-ring (bicyclic) bond motifs is 1. The van der Waals surface area contributed by atoms with Gasteiger partial charge in [0.05, 0.1) is 23.4 Å². The van der Waals surface area contributed by atoms with E-state index in [0.29, 0.717) is 12.0 Å². The van der Waals surface area contributed by atoms with Gasteiger partial charge in [-0.3, -0.25) is 0 Å². The fourth-order valence-electron chi connectivity index (χ4n) is 3.89. The van der Waals surface area contributed by atoms with Crippen LogP contribution in [0.15, 0.2) is 43.0 Å². The maximum atomic E-state index is 13.2. The fraction of sp³-hybridized carbons (Fsp3) is 0.364. The minimum absolute atomic E-state index is 0.0323. The number of hydrogen-bond donors (Lipinski definition) is 1. The molecule has 0 bridgehead atoms. The number of alkyl carbamates (subject to hydrolysis) is 1. The zero-order valence-corrected chi connectivity index (χ0v) is 17.2. The average molecular weight is 453 g/mol. The predicted molar refractivity (Wildman–Crippen MR) is 109 cm³/mol. The molecule has 1 aromatic heterocycles. The van der Waals surface area contributed by atoms with E-state index in [1.165, 1.54) is 6.07 Å². The number of carbonyl (C=O) groups excluding carboxylic acids is 1. The first-order valence-corrected chi connectivity index (χ1v) is 10.2. The first kappa shape index (κ1) is 21.5. The van der Waals surface area contributed by atoms with E-state index >= 15 is 0 Å². The molecule has 1 fully saturated rings. The van der Waals surface area contributed by atoms with Gasteiger partial charge in [0.2, 0.25) is 0 Å². The first-order valence-electron chi connectivity index (χ1n) is 9.80. The van der Waals surface area contributed by atoms with E-state index in [4.69, 9.17) is 21.1 Å². The molecule has 1 saturated carbocycles. The molecule has 2 aliphatic rings. The molecule has 4 rings (SSSR count). The average Bonchev–Trinajstić information content (AvgIpc) is 3.58. The number of aromatic nitrogens is 1. The Morgan fingerprint density at radius 3 is 2.68 bits per heavy atom. The molecular formula is C22H20ClF3N2O3. The van der Waals surface area contributed by atoms with Crippen LogP contribution in [-0.2, 0) is 16.9 Å². The first-order chi connectivity index (χ1) is 14.7. The second-order valence-electron chi connectivity index (χ2n) is 7.68. The highest BCUT2D eigenvalue weighted by molar-refractivity contribution is 6.31. The number of nitrogens with zero attached hydrogens (tertiary/aromatic N) is 1. The molecule has 2 aromatic rings. The summed E-state index contributed by atoms with van der Waals surface area (Å²) in [4.78, 5) is 16.5. The van der Waals surface area contributed by atoms with Crippen molar-refractivity contribution in [3.63, 3.8) is 0 Å². The van der Waals surface area contributed by atoms with Crippen LogP contribution in [0.5, 0.6) is 5.75 Å². The van der Waals surface area contributed by atoms with E-state index in [-0.39, 0.29) is 30.0 Å². The standard InChI is InChI=1S/C22H20ClF3N2O3/c1-13(22(24,25)26)17-11-16-18(19(23)27-17)30-10-9-21(16,15-7-8-15)28-20(29)31-12-14-5-3-2-4-6-14/h2-6,11,15H,1,7-10,12H2,(H,28,29). The summed E-state index contributed by atoms with van der Waals surface area (Å²) < 4.78 is 50.7. The van der Waals surface area contributed by atoms with E-state index in [9.17, 15) is 18.0 Å². The molecule has 1 aliphatic heterocycles. The zero-order valence-electron chi connectivity index (χ0n) is 16.5. The van der Waals surface area contributed by atoms with Crippen molar-refractivity contribution in [3.05, 3.63) is 65.0 Å². The van der Waals surface area contributed by atoms with Crippen molar-refractivity contribution < 1.29 is 27.4 Å². The Bertz CT molecular complexity index is 1010. The zero-order chi connectivity index (χ0) is 22.2. The third-order valence-corrected chi connectivity index (χ3v) is 5.87. The largest absolute Gasteiger partial charge is 0.490 e. The van der Waals surface area contributed by atoms with Gasteiger partial charge in [-0.2, -0.15) is 13.2 Å². The van der Waals surface area contributed by atoms with Crippen molar-refractivity contribution in [3.8, 4) is 5.75 Å². The minimum Gasteiger partial charge on any atom is -0.490 e. The van der Waals surface area contributed by atoms with Crippen molar-refractivity contribution in [1.29, 1.82) is 0 Å². The van der Waals surface area contributed by atoms with Gasteiger partial charge in [0, 0.05) is 12.0 Å². The van der Waals surface area contributed by atoms with Crippen molar-refractivity contribution in [1.82, 2.24) is 10.3 Å². The number of amides is 1. The highest BCUT2D eigenvalue weighted by atomic mass is 35.5. The highest BCUT2D eigenvalue weighted by Gasteiger charge is 2.52. The highest BCUT2D eigenvalue weighted by Crippen LogP contribution is 2.53. The van der Waals surface area contributed by atoms with Gasteiger partial charge >= 0.3 is 12.3 Å². The number of ether oxygens (including phenoxy) is 2. The lowest BCUT2D eigenvalue weighted by Gasteiger charge is -2.40. The number of carbonyl (C=O) groups is 1. The van der Waals surface area contributed by atoms with E-state index in [0.717, 1.165) is 18.4 Å². The number of nitrogens with one attached hydrogen (secondary N) is 1. The van der Waals surface area contributed by atoms with Crippen LogP contribution in [0, 0.1) is 5.92 Å². The van der Waals surface area contributed by atoms with Gasteiger partial charge in [-0.15, -0.1) is 0 Å². The minimum atomic E-state index is -4.66. The molecule has 1 aromatic carbocycles. The Labute approximate surface area is 182 Å². The normalized spacial score (nSPS) is 20.4. The van der Waals surface area contributed by atoms with Gasteiger partial charge in [0.1, 0.15) is 6.61 Å². The molecule has 1 amide bonds. The van der Waals surface area contributed by atoms with Crippen molar-refractivity contribution in [2.45, 2.75) is 37.6 Å². The van der Waals surface area contributed by atoms with Gasteiger partial charge in [0.25, 0.3) is 0 Å². The Morgan fingerprint density at radius 1 is 1.32 bits per heavy atom. The molecule has 9 heteroatoms. The molecule has 1 unspecified atom stereocenters. The summed E-state index contributed by atoms with van der Waals surface area (Å²) >= 11 is 6.18. The fourth-order valence-corrected chi connectivity index (χ4v) is 4.14. The SMILES string of the molecule is C=C(c1cc2c(c(Cl)n1)OCCC2(NC(=O)OCc1ccccc1)C1CC1)C(F)(F)F. The summed E-state index contributed by atoms with van der Waals surface area (Å²) in [6.07, 6.45) is -3.32. The smallest absolute Gasteiger partial charge is 0.417 e. The summed E-state index contributed by atoms with van der Waals surface area (Å²) in [5.41, 5.74) is -1.26. The maximum Gasteiger partial charge on any atom is 0.417 e. The van der Waals surface area contributed by atoms with Crippen molar-refractivity contribution >= 4 is 23.3 Å². The number of halogens is 4. The molecule has 1 aliphatic carbocycles. The van der Waals surface area contributed by atoms with E-state index in [1.807, 2.05) is 30.3 Å². The van der Waals surface area contributed by atoms with Crippen LogP contribution in [-0.4, -0.2) is 23.9 Å². The van der Waals surface area contributed by atoms with Crippen LogP contribution >= 0.6 is 11.6 Å². The third kappa shape index (κ3) is 4.35. The third-order valence-electron chi connectivity index (χ3n) is 5.62. The van der Waals surface area contributed by atoms with Gasteiger partial charge < -0.3 is 14.8 Å². The van der Waals surface area contributed by atoms with E-state index in [2.05, 4.69) is 16.9 Å². The van der Waals surface area contributed by atoms with Crippen LogP contribution < -0.4 is 10.1 Å². The van der Waals surface area contributed by atoms with Gasteiger partial charge in [-0.25, -0.2) is 9.78 Å². The lowest BCUT2D eigenvalue weighted by molar-refractivity contribution is -0.0689. The summed E-state index contributed by atoms with van der Waals surface area (Å²) in [7, 11) is 0. The second kappa shape index (κ2) is 8.07. The number of allylic oxidation sites excluding steroid dienone is 1. The number of benzene rings is 1. The maximum absolute atomic E-state index is 13.2. The molecule has 5 nitrogen and oxygen atoms in total. The summed E-state index contributed by atoms with van der Waals surface area (Å²) in [6.45, 7) is 3.43. The quantitative estimate of drug-likeness (QED) is 0.598. The van der Waals surface area contributed by atoms with Crippen LogP contribution in [0.1, 0.15) is 36.1 Å². The van der Waals surface area contributed by atoms with Gasteiger partial charge in [-0.1, -0.05) is 48.5 Å². The molecule has 2 heterocycles. The molecule has 1 N–H and O–H groups in total. The Hall–Kier alpha value is -2.74. The lowest BCUT2D eigenvalue weighted by Crippen LogP contribution is -2.51. The number of rotatable bonds is 5. The van der Waals surface area contributed by atoms with Gasteiger partial charge in [0.15, 0.2) is 10.9 Å².